The van der Waals surface area contributed by atoms with Gasteiger partial charge in [0.05, 0.1) is 0 Å². The maximum Gasteiger partial charge on any atom is 1.00 e. The number of aliphatic hydroxyl groups is 1. The number of rotatable bonds is 3. The Morgan fingerprint density at radius 1 is 1.42 bits per heavy atom. The van der Waals surface area contributed by atoms with Gasteiger partial charge in [0, 0.05) is 12.6 Å². The van der Waals surface area contributed by atoms with Crippen molar-refractivity contribution in [3.8, 4) is 0 Å². The molecule has 1 N–H and O–H groups in total. The molecule has 0 saturated heterocycles. The van der Waals surface area contributed by atoms with E-state index in [2.05, 4.69) is 0 Å². The van der Waals surface area contributed by atoms with Crippen molar-refractivity contribution in [3.63, 3.8) is 0 Å². The molecule has 0 unspecified atom stereocenters. The predicted molar refractivity (Wildman–Crippen MR) is 37.6 cm³/mol. The molecule has 0 aromatic heterocycles. The van der Waals surface area contributed by atoms with Crippen molar-refractivity contribution in [2.45, 2.75) is 32.1 Å². The molecule has 0 spiro atoms. The second-order valence-electron chi connectivity index (χ2n) is 3.41. The topological polar surface area (TPSA) is 60.4 Å². The first-order valence-electron chi connectivity index (χ1n) is 3.99. The predicted octanol–water partition coefficient (Wildman–Crippen LogP) is -3.32. The molecule has 1 aliphatic carbocycles. The summed E-state index contributed by atoms with van der Waals surface area (Å²) in [5.74, 6) is -1.04. The Bertz CT molecular complexity index is 152. The van der Waals surface area contributed by atoms with Gasteiger partial charge in [-0.3, -0.25) is 0 Å². The summed E-state index contributed by atoms with van der Waals surface area (Å²) in [5.41, 5.74) is -0.348. The van der Waals surface area contributed by atoms with Crippen LogP contribution in [-0.2, 0) is 4.79 Å². The molecule has 0 aromatic carbocycles. The molecule has 0 aromatic rings. The van der Waals surface area contributed by atoms with Gasteiger partial charge in [-0.25, -0.2) is 0 Å². The number of hydrogen-bond donors (Lipinski definition) is 1. The zero-order valence-electron chi connectivity index (χ0n) is 7.51. The summed E-state index contributed by atoms with van der Waals surface area (Å²) in [6.45, 7) is -0.0129. The Kier molecular flexibility index (Phi) is 5.41. The Balaban J connectivity index is 0.00000121. The smallest absolute Gasteiger partial charge is 0.550 e. The van der Waals surface area contributed by atoms with Crippen LogP contribution in [-0.4, -0.2) is 17.7 Å². The third kappa shape index (κ3) is 3.05. The van der Waals surface area contributed by atoms with Gasteiger partial charge in [0.15, 0.2) is 0 Å². The molecule has 12 heavy (non-hydrogen) atoms. The molecule has 0 aliphatic heterocycles. The van der Waals surface area contributed by atoms with Crippen molar-refractivity contribution >= 4 is 5.97 Å². The molecule has 1 aliphatic rings. The number of hydrogen-bond acceptors (Lipinski definition) is 3. The molecule has 1 rings (SSSR count). The van der Waals surface area contributed by atoms with E-state index in [1.165, 1.54) is 0 Å². The molecule has 64 valence electrons. The normalized spacial score (nSPS) is 20.1. The second-order valence-corrected chi connectivity index (χ2v) is 3.41. The first-order valence-corrected chi connectivity index (χ1v) is 3.99. The van der Waals surface area contributed by atoms with Crippen LogP contribution in [0.3, 0.4) is 0 Å². The number of carbonyl (C=O) groups excluding carboxylic acids is 1. The van der Waals surface area contributed by atoms with Crippen molar-refractivity contribution < 1.29 is 44.6 Å². The monoisotopic (exact) mass is 180 g/mol. The summed E-state index contributed by atoms with van der Waals surface area (Å²) in [6.07, 6.45) is 3.75. The van der Waals surface area contributed by atoms with Gasteiger partial charge in [0.2, 0.25) is 0 Å². The number of aliphatic carboxylic acids is 1. The van der Waals surface area contributed by atoms with Gasteiger partial charge in [-0.05, 0) is 24.7 Å². The summed E-state index contributed by atoms with van der Waals surface area (Å²) in [6, 6.07) is 0. The molecule has 0 atom stereocenters. The van der Waals surface area contributed by atoms with E-state index in [0.717, 1.165) is 25.7 Å². The molecule has 1 fully saturated rings. The average Bonchev–Trinajstić information content (AvgIpc) is 2.36. The molecule has 0 radical (unpaired) electrons. The molecule has 0 heterocycles. The van der Waals surface area contributed by atoms with Crippen LogP contribution in [0.5, 0.6) is 0 Å². The van der Waals surface area contributed by atoms with Crippen LogP contribution in [0.4, 0.5) is 0 Å². The molecule has 1 saturated carbocycles. The van der Waals surface area contributed by atoms with Crippen molar-refractivity contribution in [1.82, 2.24) is 0 Å². The minimum Gasteiger partial charge on any atom is -0.550 e. The maximum absolute atomic E-state index is 10.3. The first kappa shape index (κ1) is 12.4. The van der Waals surface area contributed by atoms with Gasteiger partial charge in [-0.15, -0.1) is 0 Å². The average molecular weight is 180 g/mol. The van der Waals surface area contributed by atoms with Crippen molar-refractivity contribution in [2.75, 3.05) is 6.61 Å². The Labute approximate surface area is 94.5 Å². The minimum atomic E-state index is -1.04. The van der Waals surface area contributed by atoms with Crippen LogP contribution < -0.4 is 34.7 Å². The van der Waals surface area contributed by atoms with E-state index in [-0.39, 0.29) is 48.0 Å². The number of carboxylic acids is 1. The van der Waals surface area contributed by atoms with Crippen molar-refractivity contribution in [3.05, 3.63) is 0 Å². The molecule has 3 nitrogen and oxygen atoms in total. The standard InChI is InChI=1S/C8H14O3.Na/c9-6-8(5-7(10)11)3-1-2-4-8;/h9H,1-6H2,(H,10,11);/q;+1/p-1. The summed E-state index contributed by atoms with van der Waals surface area (Å²) < 4.78 is 0. The zero-order chi connectivity index (χ0) is 8.32. The third-order valence-corrected chi connectivity index (χ3v) is 2.52. The van der Waals surface area contributed by atoms with Gasteiger partial charge >= 0.3 is 29.6 Å². The first-order chi connectivity index (χ1) is 5.18. The Hall–Kier alpha value is 0.430. The fourth-order valence-corrected chi connectivity index (χ4v) is 1.82. The van der Waals surface area contributed by atoms with E-state index in [1.54, 1.807) is 0 Å². The van der Waals surface area contributed by atoms with E-state index in [9.17, 15) is 9.90 Å². The SMILES string of the molecule is O=C([O-])CC1(CO)CCCC1.[Na+]. The van der Waals surface area contributed by atoms with Crippen LogP contribution in [0.1, 0.15) is 32.1 Å². The molecular weight excluding hydrogens is 167 g/mol. The van der Waals surface area contributed by atoms with Gasteiger partial charge < -0.3 is 15.0 Å². The maximum atomic E-state index is 10.3. The minimum absolute atomic E-state index is 0. The van der Waals surface area contributed by atoms with Crippen LogP contribution in [0.2, 0.25) is 0 Å². The summed E-state index contributed by atoms with van der Waals surface area (Å²) in [7, 11) is 0. The van der Waals surface area contributed by atoms with E-state index in [1.807, 2.05) is 0 Å². The molecule has 4 heteroatoms. The third-order valence-electron chi connectivity index (χ3n) is 2.52. The van der Waals surface area contributed by atoms with Crippen LogP contribution >= 0.6 is 0 Å². The molecule has 0 bridgehead atoms. The van der Waals surface area contributed by atoms with E-state index < -0.39 is 5.97 Å². The van der Waals surface area contributed by atoms with Gasteiger partial charge in [-0.1, -0.05) is 12.8 Å². The second kappa shape index (κ2) is 5.22. The fraction of sp³-hybridized carbons (Fsp3) is 0.875. The van der Waals surface area contributed by atoms with E-state index >= 15 is 0 Å². The summed E-state index contributed by atoms with van der Waals surface area (Å²) >= 11 is 0. The van der Waals surface area contributed by atoms with Crippen LogP contribution in [0, 0.1) is 5.41 Å². The van der Waals surface area contributed by atoms with E-state index in [0.29, 0.717) is 0 Å². The Morgan fingerprint density at radius 2 is 1.92 bits per heavy atom. The van der Waals surface area contributed by atoms with E-state index in [4.69, 9.17) is 5.11 Å². The van der Waals surface area contributed by atoms with Gasteiger partial charge in [0.25, 0.3) is 0 Å². The largest absolute Gasteiger partial charge is 1.00 e. The summed E-state index contributed by atoms with van der Waals surface area (Å²) in [4.78, 5) is 10.3. The molecular formula is C8H13NaO3. The molecule has 0 amide bonds. The Morgan fingerprint density at radius 3 is 2.25 bits per heavy atom. The van der Waals surface area contributed by atoms with Crippen molar-refractivity contribution in [1.29, 1.82) is 0 Å². The van der Waals surface area contributed by atoms with Crippen LogP contribution in [0.25, 0.3) is 0 Å². The van der Waals surface area contributed by atoms with Crippen LogP contribution in [0.15, 0.2) is 0 Å². The zero-order valence-corrected chi connectivity index (χ0v) is 9.51. The fourth-order valence-electron chi connectivity index (χ4n) is 1.82. The van der Waals surface area contributed by atoms with Crippen molar-refractivity contribution in [2.24, 2.45) is 5.41 Å². The van der Waals surface area contributed by atoms with Gasteiger partial charge in [0.1, 0.15) is 0 Å². The van der Waals surface area contributed by atoms with Gasteiger partial charge in [-0.2, -0.15) is 0 Å². The number of aliphatic hydroxyl groups excluding tert-OH is 1. The summed E-state index contributed by atoms with van der Waals surface area (Å²) in [5, 5.41) is 19.3. The number of carboxylic acid groups (broad SMARTS) is 1. The quantitative estimate of drug-likeness (QED) is 0.462. The number of carbonyl (C=O) groups is 1.